The molecule has 1 aliphatic heterocycles. The number of hydrogen-bond donors (Lipinski definition) is 1. The van der Waals surface area contributed by atoms with Crippen LogP contribution >= 0.6 is 0 Å². The molecule has 3 rings (SSSR count). The summed E-state index contributed by atoms with van der Waals surface area (Å²) in [6, 6.07) is 10.4. The molecule has 1 atom stereocenters. The van der Waals surface area contributed by atoms with Gasteiger partial charge in [0.1, 0.15) is 5.75 Å². The third kappa shape index (κ3) is 3.82. The zero-order valence-electron chi connectivity index (χ0n) is 12.2. The second-order valence-corrected chi connectivity index (χ2v) is 5.63. The number of aliphatic hydroxyl groups excluding tert-OH is 1. The van der Waals surface area contributed by atoms with E-state index >= 15 is 0 Å². The Balaban J connectivity index is 1.46. The summed E-state index contributed by atoms with van der Waals surface area (Å²) in [5.74, 6) is 1.02. The van der Waals surface area contributed by atoms with E-state index in [2.05, 4.69) is 29.2 Å². The van der Waals surface area contributed by atoms with Gasteiger partial charge >= 0.3 is 0 Å². The van der Waals surface area contributed by atoms with Crippen LogP contribution in [0.3, 0.4) is 0 Å². The first-order valence-electron chi connectivity index (χ1n) is 7.63. The van der Waals surface area contributed by atoms with Crippen LogP contribution in [-0.4, -0.2) is 22.8 Å². The Morgan fingerprint density at radius 1 is 1.14 bits per heavy atom. The molecular weight excluding hydrogens is 262 g/mol. The fourth-order valence-corrected chi connectivity index (χ4v) is 2.75. The van der Waals surface area contributed by atoms with Crippen molar-refractivity contribution in [2.45, 2.75) is 38.2 Å². The SMILES string of the molecule is OC(CCc1cccnc1)CCc1ccc2c(c1)CCO2. The van der Waals surface area contributed by atoms with E-state index in [1.807, 2.05) is 12.3 Å². The van der Waals surface area contributed by atoms with Crippen LogP contribution in [0.4, 0.5) is 0 Å². The number of aliphatic hydroxyl groups is 1. The van der Waals surface area contributed by atoms with Gasteiger partial charge in [0.2, 0.25) is 0 Å². The molecule has 1 unspecified atom stereocenters. The molecule has 0 spiro atoms. The van der Waals surface area contributed by atoms with Gasteiger partial charge in [0.05, 0.1) is 12.7 Å². The summed E-state index contributed by atoms with van der Waals surface area (Å²) in [6.45, 7) is 0.798. The average molecular weight is 283 g/mol. The predicted octanol–water partition coefficient (Wildman–Crippen LogP) is 2.94. The first-order valence-corrected chi connectivity index (χ1v) is 7.63. The number of hydrogen-bond acceptors (Lipinski definition) is 3. The molecule has 21 heavy (non-hydrogen) atoms. The summed E-state index contributed by atoms with van der Waals surface area (Å²) in [5.41, 5.74) is 3.78. The molecule has 3 heteroatoms. The van der Waals surface area contributed by atoms with Gasteiger partial charge in [0.25, 0.3) is 0 Å². The van der Waals surface area contributed by atoms with Gasteiger partial charge in [-0.15, -0.1) is 0 Å². The Labute approximate surface area is 125 Å². The summed E-state index contributed by atoms with van der Waals surface area (Å²) in [7, 11) is 0. The van der Waals surface area contributed by atoms with Crippen LogP contribution in [0.5, 0.6) is 5.75 Å². The van der Waals surface area contributed by atoms with Crippen molar-refractivity contribution < 1.29 is 9.84 Å². The highest BCUT2D eigenvalue weighted by Crippen LogP contribution is 2.26. The number of aromatic nitrogens is 1. The maximum absolute atomic E-state index is 10.1. The van der Waals surface area contributed by atoms with Gasteiger partial charge in [-0.3, -0.25) is 4.98 Å². The summed E-state index contributed by atoms with van der Waals surface area (Å²) < 4.78 is 5.51. The smallest absolute Gasteiger partial charge is 0.122 e. The lowest BCUT2D eigenvalue weighted by Gasteiger charge is -2.11. The first kappa shape index (κ1) is 14.1. The molecular formula is C18H21NO2. The lowest BCUT2D eigenvalue weighted by atomic mass is 10.00. The topological polar surface area (TPSA) is 42.4 Å². The quantitative estimate of drug-likeness (QED) is 0.886. The molecule has 1 N–H and O–H groups in total. The fraction of sp³-hybridized carbons (Fsp3) is 0.389. The zero-order chi connectivity index (χ0) is 14.5. The number of ether oxygens (including phenoxy) is 1. The number of aryl methyl sites for hydroxylation is 2. The number of fused-ring (bicyclic) bond motifs is 1. The summed E-state index contributed by atoms with van der Waals surface area (Å²) in [4.78, 5) is 4.10. The van der Waals surface area contributed by atoms with E-state index in [4.69, 9.17) is 4.74 Å². The number of nitrogens with zero attached hydrogens (tertiary/aromatic N) is 1. The molecule has 0 saturated heterocycles. The summed E-state index contributed by atoms with van der Waals surface area (Å²) >= 11 is 0. The zero-order valence-corrected chi connectivity index (χ0v) is 12.2. The number of rotatable bonds is 6. The van der Waals surface area contributed by atoms with Gasteiger partial charge in [-0.25, -0.2) is 0 Å². The second kappa shape index (κ2) is 6.72. The van der Waals surface area contributed by atoms with Crippen LogP contribution in [0, 0.1) is 0 Å². The van der Waals surface area contributed by atoms with Crippen LogP contribution in [0.15, 0.2) is 42.7 Å². The molecule has 2 aromatic rings. The van der Waals surface area contributed by atoms with E-state index in [1.165, 1.54) is 16.7 Å². The van der Waals surface area contributed by atoms with Gasteiger partial charge in [0.15, 0.2) is 0 Å². The van der Waals surface area contributed by atoms with Gasteiger partial charge in [0, 0.05) is 18.8 Å². The van der Waals surface area contributed by atoms with Crippen molar-refractivity contribution >= 4 is 0 Å². The number of benzene rings is 1. The maximum atomic E-state index is 10.1. The van der Waals surface area contributed by atoms with Gasteiger partial charge < -0.3 is 9.84 Å². The van der Waals surface area contributed by atoms with Crippen molar-refractivity contribution in [3.8, 4) is 5.75 Å². The standard InChI is InChI=1S/C18H21NO2/c20-17(7-4-15-2-1-10-19-13-15)6-3-14-5-8-18-16(12-14)9-11-21-18/h1-2,5,8,10,12-13,17,20H,3-4,6-7,9,11H2. The van der Waals surface area contributed by atoms with E-state index in [9.17, 15) is 5.11 Å². The lowest BCUT2D eigenvalue weighted by Crippen LogP contribution is -2.09. The molecule has 1 aromatic heterocycles. The highest BCUT2D eigenvalue weighted by Gasteiger charge is 2.12. The molecule has 3 nitrogen and oxygen atoms in total. The van der Waals surface area contributed by atoms with Crippen molar-refractivity contribution in [1.29, 1.82) is 0 Å². The van der Waals surface area contributed by atoms with Gasteiger partial charge in [-0.1, -0.05) is 18.2 Å². The monoisotopic (exact) mass is 283 g/mol. The fourth-order valence-electron chi connectivity index (χ4n) is 2.75. The summed E-state index contributed by atoms with van der Waals surface area (Å²) in [6.07, 6.45) is 7.79. The average Bonchev–Trinajstić information content (AvgIpc) is 2.99. The van der Waals surface area contributed by atoms with Crippen molar-refractivity contribution in [2.75, 3.05) is 6.61 Å². The maximum Gasteiger partial charge on any atom is 0.122 e. The van der Waals surface area contributed by atoms with Gasteiger partial charge in [-0.2, -0.15) is 0 Å². The van der Waals surface area contributed by atoms with E-state index < -0.39 is 0 Å². The van der Waals surface area contributed by atoms with Gasteiger partial charge in [-0.05, 0) is 54.5 Å². The second-order valence-electron chi connectivity index (χ2n) is 5.63. The Bertz CT molecular complexity index is 583. The minimum Gasteiger partial charge on any atom is -0.493 e. The van der Waals surface area contributed by atoms with E-state index in [-0.39, 0.29) is 6.10 Å². The molecule has 0 aliphatic carbocycles. The minimum atomic E-state index is -0.255. The van der Waals surface area contributed by atoms with Crippen LogP contribution < -0.4 is 4.74 Å². The molecule has 110 valence electrons. The third-order valence-corrected chi connectivity index (χ3v) is 4.01. The lowest BCUT2D eigenvalue weighted by molar-refractivity contribution is 0.155. The Kier molecular flexibility index (Phi) is 4.51. The van der Waals surface area contributed by atoms with Crippen molar-refractivity contribution in [3.05, 3.63) is 59.4 Å². The highest BCUT2D eigenvalue weighted by atomic mass is 16.5. The van der Waals surface area contributed by atoms with Crippen molar-refractivity contribution in [2.24, 2.45) is 0 Å². The van der Waals surface area contributed by atoms with Crippen molar-refractivity contribution in [1.82, 2.24) is 4.98 Å². The Morgan fingerprint density at radius 3 is 2.81 bits per heavy atom. The Hall–Kier alpha value is -1.87. The largest absolute Gasteiger partial charge is 0.493 e. The predicted molar refractivity (Wildman–Crippen MR) is 82.5 cm³/mol. The molecule has 0 amide bonds. The summed E-state index contributed by atoms with van der Waals surface area (Å²) in [5, 5.41) is 10.1. The molecule has 1 aliphatic rings. The molecule has 0 radical (unpaired) electrons. The minimum absolute atomic E-state index is 0.255. The van der Waals surface area contributed by atoms with E-state index in [1.54, 1.807) is 6.20 Å². The van der Waals surface area contributed by atoms with E-state index in [0.29, 0.717) is 0 Å². The Morgan fingerprint density at radius 2 is 2.00 bits per heavy atom. The van der Waals surface area contributed by atoms with Crippen LogP contribution in [-0.2, 0) is 19.3 Å². The molecule has 2 heterocycles. The molecule has 0 saturated carbocycles. The van der Waals surface area contributed by atoms with E-state index in [0.717, 1.165) is 44.5 Å². The first-order chi connectivity index (χ1) is 10.3. The molecule has 0 fully saturated rings. The van der Waals surface area contributed by atoms with Crippen LogP contribution in [0.25, 0.3) is 0 Å². The third-order valence-electron chi connectivity index (χ3n) is 4.01. The van der Waals surface area contributed by atoms with Crippen molar-refractivity contribution in [3.63, 3.8) is 0 Å². The number of pyridine rings is 1. The molecule has 0 bridgehead atoms. The molecule has 1 aromatic carbocycles. The van der Waals surface area contributed by atoms with Crippen LogP contribution in [0.1, 0.15) is 29.5 Å². The van der Waals surface area contributed by atoms with Crippen LogP contribution in [0.2, 0.25) is 0 Å². The highest BCUT2D eigenvalue weighted by molar-refractivity contribution is 5.39. The normalized spacial score (nSPS) is 14.5.